The van der Waals surface area contributed by atoms with Crippen LogP contribution in [0.2, 0.25) is 5.02 Å². The van der Waals surface area contributed by atoms with Crippen molar-refractivity contribution in [3.05, 3.63) is 63.4 Å². The second-order valence-electron chi connectivity index (χ2n) is 5.86. The summed E-state index contributed by atoms with van der Waals surface area (Å²) < 4.78 is 6.99. The summed E-state index contributed by atoms with van der Waals surface area (Å²) in [6, 6.07) is 8.93. The summed E-state index contributed by atoms with van der Waals surface area (Å²) in [5, 5.41) is 14.0. The van der Waals surface area contributed by atoms with Crippen LogP contribution in [0.25, 0.3) is 5.52 Å². The molecule has 11 heteroatoms. The number of benzene rings is 1. The first-order valence-electron chi connectivity index (χ1n) is 8.28. The number of non-ortho nitro benzene ring substituents is 1. The molecule has 0 fully saturated rings. The van der Waals surface area contributed by atoms with E-state index in [1.807, 2.05) is 12.3 Å². The Morgan fingerprint density at radius 2 is 2.10 bits per heavy atom. The lowest BCUT2D eigenvalue weighted by Gasteiger charge is -2.13. The second-order valence-corrected chi connectivity index (χ2v) is 7.04. The molecule has 0 spiro atoms. The van der Waals surface area contributed by atoms with E-state index < -0.39 is 22.9 Å². The quantitative estimate of drug-likeness (QED) is 0.271. The van der Waals surface area contributed by atoms with Gasteiger partial charge in [0.05, 0.1) is 21.2 Å². The summed E-state index contributed by atoms with van der Waals surface area (Å²) >= 11 is 7.34. The first kappa shape index (κ1) is 20.6. The molecule has 9 nitrogen and oxygen atoms in total. The number of aromatic nitrogens is 2. The van der Waals surface area contributed by atoms with E-state index >= 15 is 0 Å². The molecule has 3 aromatic rings. The number of thioether (sulfide) groups is 1. The van der Waals surface area contributed by atoms with Gasteiger partial charge in [-0.3, -0.25) is 19.3 Å². The van der Waals surface area contributed by atoms with E-state index in [0.29, 0.717) is 10.7 Å². The molecule has 1 N–H and O–H groups in total. The van der Waals surface area contributed by atoms with Crippen LogP contribution in [-0.2, 0) is 9.53 Å². The SMILES string of the molecule is CSc1nc(C(=O)OC(C)C(=O)Nc2cc([N+](=O)[O-])ccc2Cl)c2ccccn12. The van der Waals surface area contributed by atoms with Gasteiger partial charge in [0.1, 0.15) is 0 Å². The number of pyridine rings is 1. The van der Waals surface area contributed by atoms with E-state index in [4.69, 9.17) is 16.3 Å². The number of carbonyl (C=O) groups is 2. The van der Waals surface area contributed by atoms with Crippen molar-refractivity contribution in [1.29, 1.82) is 0 Å². The highest BCUT2D eigenvalue weighted by Gasteiger charge is 2.24. The number of hydrogen-bond donors (Lipinski definition) is 1. The lowest BCUT2D eigenvalue weighted by atomic mass is 10.2. The third-order valence-corrected chi connectivity index (χ3v) is 4.95. The van der Waals surface area contributed by atoms with E-state index in [1.165, 1.54) is 30.8 Å². The maximum absolute atomic E-state index is 12.6. The van der Waals surface area contributed by atoms with E-state index in [-0.39, 0.29) is 22.1 Å². The number of esters is 1. The summed E-state index contributed by atoms with van der Waals surface area (Å²) in [5.74, 6) is -1.45. The van der Waals surface area contributed by atoms with Crippen molar-refractivity contribution >= 4 is 52.1 Å². The normalized spacial score (nSPS) is 11.8. The van der Waals surface area contributed by atoms with Crippen LogP contribution in [0.5, 0.6) is 0 Å². The molecule has 2 heterocycles. The zero-order chi connectivity index (χ0) is 21.1. The molecule has 1 aromatic carbocycles. The first-order chi connectivity index (χ1) is 13.8. The van der Waals surface area contributed by atoms with Crippen molar-refractivity contribution in [2.75, 3.05) is 11.6 Å². The number of halogens is 1. The molecule has 2 aromatic heterocycles. The minimum atomic E-state index is -1.18. The van der Waals surface area contributed by atoms with Gasteiger partial charge in [0.25, 0.3) is 11.6 Å². The topological polar surface area (TPSA) is 116 Å². The fourth-order valence-corrected chi connectivity index (χ4v) is 3.23. The van der Waals surface area contributed by atoms with Crippen molar-refractivity contribution in [3.63, 3.8) is 0 Å². The predicted molar refractivity (Wildman–Crippen MR) is 109 cm³/mol. The molecule has 1 unspecified atom stereocenters. The van der Waals surface area contributed by atoms with Gasteiger partial charge in [-0.1, -0.05) is 29.4 Å². The molecule has 0 radical (unpaired) electrons. The molecule has 0 saturated carbocycles. The van der Waals surface area contributed by atoms with Gasteiger partial charge in [-0.25, -0.2) is 9.78 Å². The maximum Gasteiger partial charge on any atom is 0.360 e. The number of ether oxygens (including phenoxy) is 1. The third-order valence-electron chi connectivity index (χ3n) is 3.96. The lowest BCUT2D eigenvalue weighted by Crippen LogP contribution is -2.30. The molecule has 0 aliphatic carbocycles. The number of nitro groups is 1. The highest BCUT2D eigenvalue weighted by molar-refractivity contribution is 7.98. The minimum absolute atomic E-state index is 0.0471. The Balaban J connectivity index is 1.76. The predicted octanol–water partition coefficient (Wildman–Crippen LogP) is 3.80. The molecule has 1 atom stereocenters. The second kappa shape index (κ2) is 8.50. The van der Waals surface area contributed by atoms with Gasteiger partial charge in [-0.2, -0.15) is 0 Å². The highest BCUT2D eigenvalue weighted by atomic mass is 35.5. The van der Waals surface area contributed by atoms with Crippen molar-refractivity contribution in [3.8, 4) is 0 Å². The molecule has 0 aliphatic rings. The molecule has 0 saturated heterocycles. The summed E-state index contributed by atoms with van der Waals surface area (Å²) in [7, 11) is 0. The van der Waals surface area contributed by atoms with E-state index in [1.54, 1.807) is 22.7 Å². The molecular formula is C18H15ClN4O5S. The number of carbonyl (C=O) groups excluding carboxylic acids is 2. The van der Waals surface area contributed by atoms with Gasteiger partial charge in [0, 0.05) is 18.3 Å². The van der Waals surface area contributed by atoms with Gasteiger partial charge in [-0.05, 0) is 31.4 Å². The van der Waals surface area contributed by atoms with E-state index in [9.17, 15) is 19.7 Å². The fraction of sp³-hybridized carbons (Fsp3) is 0.167. The van der Waals surface area contributed by atoms with Gasteiger partial charge in [0.2, 0.25) is 0 Å². The molecule has 0 bridgehead atoms. The summed E-state index contributed by atoms with van der Waals surface area (Å²) in [4.78, 5) is 39.5. The van der Waals surface area contributed by atoms with Gasteiger partial charge < -0.3 is 10.1 Å². The molecule has 150 valence electrons. The smallest absolute Gasteiger partial charge is 0.360 e. The van der Waals surface area contributed by atoms with Crippen LogP contribution in [0.1, 0.15) is 17.4 Å². The van der Waals surface area contributed by atoms with Crippen LogP contribution in [0.3, 0.4) is 0 Å². The Morgan fingerprint density at radius 1 is 1.34 bits per heavy atom. The first-order valence-corrected chi connectivity index (χ1v) is 9.89. The van der Waals surface area contributed by atoms with Crippen molar-refractivity contribution in [1.82, 2.24) is 9.38 Å². The van der Waals surface area contributed by atoms with Crippen LogP contribution in [-0.4, -0.2) is 38.5 Å². The van der Waals surface area contributed by atoms with Gasteiger partial charge >= 0.3 is 5.97 Å². The summed E-state index contributed by atoms with van der Waals surface area (Å²) in [5.41, 5.74) is 0.452. The van der Waals surface area contributed by atoms with Crippen molar-refractivity contribution in [2.45, 2.75) is 18.2 Å². The number of imidazole rings is 1. The fourth-order valence-electron chi connectivity index (χ4n) is 2.53. The molecular weight excluding hydrogens is 420 g/mol. The lowest BCUT2D eigenvalue weighted by molar-refractivity contribution is -0.384. The average Bonchev–Trinajstić information content (AvgIpc) is 3.08. The number of nitrogens with zero attached hydrogens (tertiary/aromatic N) is 3. The third kappa shape index (κ3) is 4.33. The van der Waals surface area contributed by atoms with Crippen LogP contribution in [0.15, 0.2) is 47.8 Å². The Labute approximate surface area is 174 Å². The zero-order valence-electron chi connectivity index (χ0n) is 15.3. The molecule has 1 amide bonds. The molecule has 3 rings (SSSR count). The van der Waals surface area contributed by atoms with E-state index in [0.717, 1.165) is 6.07 Å². The molecule has 29 heavy (non-hydrogen) atoms. The summed E-state index contributed by atoms with van der Waals surface area (Å²) in [6.07, 6.45) is 2.41. The Hall–Kier alpha value is -3.11. The highest BCUT2D eigenvalue weighted by Crippen LogP contribution is 2.27. The Morgan fingerprint density at radius 3 is 2.79 bits per heavy atom. The number of amides is 1. The van der Waals surface area contributed by atoms with Gasteiger partial charge in [-0.15, -0.1) is 0 Å². The number of nitro benzene ring substituents is 1. The van der Waals surface area contributed by atoms with Gasteiger partial charge in [0.15, 0.2) is 17.0 Å². The van der Waals surface area contributed by atoms with Crippen molar-refractivity contribution < 1.29 is 19.2 Å². The standard InChI is InChI=1S/C18H15ClN4O5S/c1-10(16(24)20-13-9-11(23(26)27)6-7-12(13)19)28-17(25)15-14-5-3-4-8-22(14)18(21-15)29-2/h3-10H,1-2H3,(H,20,24). The minimum Gasteiger partial charge on any atom is -0.448 e. The van der Waals surface area contributed by atoms with Crippen LogP contribution in [0, 0.1) is 10.1 Å². The largest absolute Gasteiger partial charge is 0.448 e. The number of rotatable bonds is 6. The number of anilines is 1. The number of fused-ring (bicyclic) bond motifs is 1. The molecule has 0 aliphatic heterocycles. The van der Waals surface area contributed by atoms with E-state index in [2.05, 4.69) is 10.3 Å². The number of nitrogens with one attached hydrogen (secondary N) is 1. The zero-order valence-corrected chi connectivity index (χ0v) is 16.9. The Bertz CT molecular complexity index is 1120. The monoisotopic (exact) mass is 434 g/mol. The van der Waals surface area contributed by atoms with Crippen LogP contribution in [0.4, 0.5) is 11.4 Å². The van der Waals surface area contributed by atoms with Crippen LogP contribution < -0.4 is 5.32 Å². The number of hydrogen-bond acceptors (Lipinski definition) is 7. The average molecular weight is 435 g/mol. The van der Waals surface area contributed by atoms with Crippen LogP contribution >= 0.6 is 23.4 Å². The summed E-state index contributed by atoms with van der Waals surface area (Å²) in [6.45, 7) is 1.38. The van der Waals surface area contributed by atoms with Crippen molar-refractivity contribution in [2.24, 2.45) is 0 Å². The maximum atomic E-state index is 12.6. The Kier molecular flexibility index (Phi) is 6.04.